The summed E-state index contributed by atoms with van der Waals surface area (Å²) >= 11 is 1.86. The maximum Gasteiger partial charge on any atom is 0.124 e. The minimum Gasteiger partial charge on any atom is -0.489 e. The first-order chi connectivity index (χ1) is 13.9. The third-order valence-corrected chi connectivity index (χ3v) is 6.17. The number of nitrogens with zero attached hydrogens (tertiary/aromatic N) is 2. The van der Waals surface area contributed by atoms with Crippen LogP contribution >= 0.6 is 11.3 Å². The monoisotopic (exact) mass is 393 g/mol. The van der Waals surface area contributed by atoms with E-state index in [2.05, 4.69) is 44.8 Å². The second-order valence-electron chi connectivity index (χ2n) is 7.16. The lowest BCUT2D eigenvalue weighted by Gasteiger charge is -2.27. The van der Waals surface area contributed by atoms with Gasteiger partial charge in [-0.1, -0.05) is 30.3 Å². The van der Waals surface area contributed by atoms with Crippen LogP contribution in [0.25, 0.3) is 0 Å². The molecular formula is C23H27N3OS. The topological polar surface area (TPSA) is 37.4 Å². The van der Waals surface area contributed by atoms with Gasteiger partial charge in [-0.15, -0.1) is 11.3 Å². The summed E-state index contributed by atoms with van der Waals surface area (Å²) in [6.45, 7) is 4.71. The van der Waals surface area contributed by atoms with Crippen molar-refractivity contribution in [2.75, 3.05) is 19.6 Å². The van der Waals surface area contributed by atoms with Crippen molar-refractivity contribution in [1.82, 2.24) is 15.2 Å². The number of hydrogen-bond acceptors (Lipinski definition) is 5. The van der Waals surface area contributed by atoms with Crippen LogP contribution in [0.3, 0.4) is 0 Å². The lowest BCUT2D eigenvalue weighted by molar-refractivity contribution is 0.241. The summed E-state index contributed by atoms with van der Waals surface area (Å²) in [7, 11) is 0. The van der Waals surface area contributed by atoms with Crippen LogP contribution in [0.1, 0.15) is 34.9 Å². The zero-order valence-electron chi connectivity index (χ0n) is 16.1. The number of pyridine rings is 1. The van der Waals surface area contributed by atoms with Crippen LogP contribution in [0, 0.1) is 0 Å². The van der Waals surface area contributed by atoms with E-state index >= 15 is 0 Å². The van der Waals surface area contributed by atoms with E-state index in [1.165, 1.54) is 36.4 Å². The molecule has 1 atom stereocenters. The molecule has 0 amide bonds. The van der Waals surface area contributed by atoms with Crippen LogP contribution in [-0.4, -0.2) is 29.5 Å². The minimum atomic E-state index is 0.464. The Hall–Kier alpha value is -2.21. The largest absolute Gasteiger partial charge is 0.489 e. The molecule has 5 heteroatoms. The van der Waals surface area contributed by atoms with Crippen LogP contribution in [0.4, 0.5) is 0 Å². The van der Waals surface area contributed by atoms with Gasteiger partial charge in [-0.3, -0.25) is 9.88 Å². The average molecular weight is 394 g/mol. The van der Waals surface area contributed by atoms with Crippen molar-refractivity contribution in [2.45, 2.75) is 32.0 Å². The van der Waals surface area contributed by atoms with Crippen molar-refractivity contribution in [3.63, 3.8) is 0 Å². The summed E-state index contributed by atoms with van der Waals surface area (Å²) < 4.78 is 6.06. The average Bonchev–Trinajstić information content (AvgIpc) is 3.46. The lowest BCUT2D eigenvalue weighted by Crippen LogP contribution is -2.33. The molecule has 28 heavy (non-hydrogen) atoms. The van der Waals surface area contributed by atoms with Gasteiger partial charge in [0, 0.05) is 41.5 Å². The number of hydrogen-bond donors (Lipinski definition) is 1. The SMILES string of the molecule is c1cncc(COc2ccccc2CNCC(c2cccs2)N2CCCC2)c1. The zero-order valence-corrected chi connectivity index (χ0v) is 16.9. The molecule has 0 saturated carbocycles. The summed E-state index contributed by atoms with van der Waals surface area (Å²) in [6, 6.07) is 17.2. The molecule has 1 unspecified atom stereocenters. The third-order valence-electron chi connectivity index (χ3n) is 5.20. The fraction of sp³-hybridized carbons (Fsp3) is 0.348. The van der Waals surface area contributed by atoms with Crippen molar-refractivity contribution < 1.29 is 4.74 Å². The molecule has 1 aliphatic heterocycles. The first-order valence-corrected chi connectivity index (χ1v) is 10.9. The Balaban J connectivity index is 1.36. The fourth-order valence-electron chi connectivity index (χ4n) is 3.72. The summed E-state index contributed by atoms with van der Waals surface area (Å²) in [5.74, 6) is 0.938. The molecule has 1 fully saturated rings. The normalized spacial score (nSPS) is 15.6. The predicted octanol–water partition coefficient (Wildman–Crippen LogP) is 4.65. The molecule has 0 spiro atoms. The van der Waals surface area contributed by atoms with Gasteiger partial charge >= 0.3 is 0 Å². The predicted molar refractivity (Wildman–Crippen MR) is 115 cm³/mol. The fourth-order valence-corrected chi connectivity index (χ4v) is 4.58. The first kappa shape index (κ1) is 19.1. The number of nitrogens with one attached hydrogen (secondary N) is 1. The number of ether oxygens (including phenoxy) is 1. The van der Waals surface area contributed by atoms with E-state index < -0.39 is 0 Å². The Kier molecular flexibility index (Phi) is 6.71. The van der Waals surface area contributed by atoms with Crippen molar-refractivity contribution in [3.05, 3.63) is 82.3 Å². The Morgan fingerprint density at radius 3 is 2.75 bits per heavy atom. The molecule has 3 heterocycles. The number of aromatic nitrogens is 1. The van der Waals surface area contributed by atoms with E-state index in [0.717, 1.165) is 24.4 Å². The standard InChI is InChI=1S/C23H27N3OS/c1-2-9-22(27-18-19-7-5-11-24-15-19)20(8-1)16-25-17-21(23-10-6-14-28-23)26-12-3-4-13-26/h1-2,5-11,14-15,21,25H,3-4,12-13,16-18H2. The molecule has 0 aliphatic carbocycles. The molecule has 146 valence electrons. The van der Waals surface area contributed by atoms with Crippen LogP contribution in [0.15, 0.2) is 66.3 Å². The van der Waals surface area contributed by atoms with Gasteiger partial charge in [0.05, 0.1) is 6.04 Å². The van der Waals surface area contributed by atoms with Crippen molar-refractivity contribution in [3.8, 4) is 5.75 Å². The molecule has 0 radical (unpaired) electrons. The van der Waals surface area contributed by atoms with Gasteiger partial charge in [0.2, 0.25) is 0 Å². The number of rotatable bonds is 9. The van der Waals surface area contributed by atoms with Crippen LogP contribution in [0.5, 0.6) is 5.75 Å². The molecule has 4 nitrogen and oxygen atoms in total. The Bertz CT molecular complexity index is 832. The summed E-state index contributed by atoms with van der Waals surface area (Å²) in [4.78, 5) is 8.22. The van der Waals surface area contributed by atoms with E-state index in [0.29, 0.717) is 12.6 Å². The summed E-state index contributed by atoms with van der Waals surface area (Å²) in [5, 5.41) is 5.86. The van der Waals surface area contributed by atoms with Gasteiger partial charge < -0.3 is 10.1 Å². The second-order valence-corrected chi connectivity index (χ2v) is 8.14. The maximum atomic E-state index is 6.06. The van der Waals surface area contributed by atoms with Gasteiger partial charge in [0.1, 0.15) is 12.4 Å². The Morgan fingerprint density at radius 2 is 1.96 bits per heavy atom. The van der Waals surface area contributed by atoms with E-state index in [-0.39, 0.29) is 0 Å². The number of thiophene rings is 1. The number of para-hydroxylation sites is 1. The third kappa shape index (κ3) is 4.98. The molecule has 3 aromatic rings. The summed E-state index contributed by atoms with van der Waals surface area (Å²) in [6.07, 6.45) is 6.26. The smallest absolute Gasteiger partial charge is 0.124 e. The highest BCUT2D eigenvalue weighted by Gasteiger charge is 2.23. The molecule has 0 bridgehead atoms. The van der Waals surface area contributed by atoms with E-state index in [1.807, 2.05) is 41.8 Å². The second kappa shape index (κ2) is 9.82. The Labute approximate surface area is 171 Å². The molecular weight excluding hydrogens is 366 g/mol. The molecule has 4 rings (SSSR count). The maximum absolute atomic E-state index is 6.06. The lowest BCUT2D eigenvalue weighted by atomic mass is 10.1. The van der Waals surface area contributed by atoms with Crippen LogP contribution in [0.2, 0.25) is 0 Å². The van der Waals surface area contributed by atoms with Gasteiger partial charge in [0.15, 0.2) is 0 Å². The molecule has 1 N–H and O–H groups in total. The highest BCUT2D eigenvalue weighted by molar-refractivity contribution is 7.10. The quantitative estimate of drug-likeness (QED) is 0.574. The highest BCUT2D eigenvalue weighted by atomic mass is 32.1. The molecule has 1 saturated heterocycles. The van der Waals surface area contributed by atoms with Crippen molar-refractivity contribution in [1.29, 1.82) is 0 Å². The van der Waals surface area contributed by atoms with Crippen LogP contribution < -0.4 is 10.1 Å². The molecule has 2 aromatic heterocycles. The Morgan fingerprint density at radius 1 is 1.07 bits per heavy atom. The zero-order chi connectivity index (χ0) is 19.0. The number of benzene rings is 1. The van der Waals surface area contributed by atoms with Crippen molar-refractivity contribution >= 4 is 11.3 Å². The van der Waals surface area contributed by atoms with Crippen molar-refractivity contribution in [2.24, 2.45) is 0 Å². The minimum absolute atomic E-state index is 0.464. The van der Waals surface area contributed by atoms with Gasteiger partial charge in [-0.25, -0.2) is 0 Å². The van der Waals surface area contributed by atoms with Gasteiger partial charge in [0.25, 0.3) is 0 Å². The summed E-state index contributed by atoms with van der Waals surface area (Å²) in [5.41, 5.74) is 2.27. The number of likely N-dealkylation sites (tertiary alicyclic amines) is 1. The highest BCUT2D eigenvalue weighted by Crippen LogP contribution is 2.28. The van der Waals surface area contributed by atoms with E-state index in [1.54, 1.807) is 6.20 Å². The molecule has 1 aromatic carbocycles. The van der Waals surface area contributed by atoms with Crippen LogP contribution in [-0.2, 0) is 13.2 Å². The van der Waals surface area contributed by atoms with Gasteiger partial charge in [-0.2, -0.15) is 0 Å². The van der Waals surface area contributed by atoms with E-state index in [9.17, 15) is 0 Å². The first-order valence-electron chi connectivity index (χ1n) is 9.98. The molecule has 1 aliphatic rings. The van der Waals surface area contributed by atoms with Gasteiger partial charge in [-0.05, 0) is 49.5 Å². The van der Waals surface area contributed by atoms with E-state index in [4.69, 9.17) is 4.74 Å².